The minimum atomic E-state index is -3.33. The number of hydrogen-bond acceptors (Lipinski definition) is 4. The Morgan fingerprint density at radius 1 is 1.38 bits per heavy atom. The van der Waals surface area contributed by atoms with Gasteiger partial charge >= 0.3 is 0 Å². The molecular formula is C16H22N2O2S. The minimum Gasteiger partial charge on any atom is -0.300 e. The zero-order valence-corrected chi connectivity index (χ0v) is 13.4. The average molecular weight is 306 g/mol. The molecule has 0 aliphatic heterocycles. The standard InChI is InChI=1S/C16H22N2O2S/c1-13(2)18(12-14-6-7-14)8-9-21(19,20)16-5-3-4-15(10-16)11-17/h3-5,10,13-14H,6-9,12H2,1-2H3. The summed E-state index contributed by atoms with van der Waals surface area (Å²) < 4.78 is 24.8. The first kappa shape index (κ1) is 16.0. The van der Waals surface area contributed by atoms with Crippen molar-refractivity contribution in [2.24, 2.45) is 5.92 Å². The highest BCUT2D eigenvalue weighted by molar-refractivity contribution is 7.91. The molecule has 0 bridgehead atoms. The molecule has 1 fully saturated rings. The van der Waals surface area contributed by atoms with E-state index in [0.717, 1.165) is 12.5 Å². The summed E-state index contributed by atoms with van der Waals surface area (Å²) in [4.78, 5) is 2.49. The molecule has 0 N–H and O–H groups in total. The molecule has 0 heterocycles. The number of rotatable bonds is 7. The van der Waals surface area contributed by atoms with E-state index >= 15 is 0 Å². The molecule has 0 atom stereocenters. The van der Waals surface area contributed by atoms with E-state index in [4.69, 9.17) is 5.26 Å². The van der Waals surface area contributed by atoms with Gasteiger partial charge in [0.1, 0.15) is 0 Å². The van der Waals surface area contributed by atoms with Gasteiger partial charge in [-0.25, -0.2) is 8.42 Å². The molecule has 1 aromatic carbocycles. The Morgan fingerprint density at radius 3 is 2.67 bits per heavy atom. The molecule has 1 aliphatic carbocycles. The van der Waals surface area contributed by atoms with Crippen LogP contribution in [0, 0.1) is 17.2 Å². The first-order chi connectivity index (χ1) is 9.92. The Kier molecular flexibility index (Phi) is 5.02. The summed E-state index contributed by atoms with van der Waals surface area (Å²) in [6.07, 6.45) is 2.53. The Bertz CT molecular complexity index is 628. The van der Waals surface area contributed by atoms with Gasteiger partial charge in [0.15, 0.2) is 9.84 Å². The summed E-state index contributed by atoms with van der Waals surface area (Å²) in [7, 11) is -3.33. The number of hydrogen-bond donors (Lipinski definition) is 0. The van der Waals surface area contributed by atoms with E-state index in [9.17, 15) is 8.42 Å². The molecule has 1 aliphatic rings. The van der Waals surface area contributed by atoms with Crippen LogP contribution in [0.4, 0.5) is 0 Å². The van der Waals surface area contributed by atoms with Crippen molar-refractivity contribution >= 4 is 9.84 Å². The van der Waals surface area contributed by atoms with Crippen LogP contribution in [0.15, 0.2) is 29.2 Å². The third-order valence-corrected chi connectivity index (χ3v) is 5.58. The third-order valence-electron chi connectivity index (χ3n) is 3.89. The molecule has 1 saturated carbocycles. The van der Waals surface area contributed by atoms with E-state index in [2.05, 4.69) is 18.7 Å². The second kappa shape index (κ2) is 6.59. The van der Waals surface area contributed by atoms with Crippen molar-refractivity contribution in [3.05, 3.63) is 29.8 Å². The lowest BCUT2D eigenvalue weighted by atomic mass is 10.2. The smallest absolute Gasteiger partial charge is 0.179 e. The zero-order valence-electron chi connectivity index (χ0n) is 12.6. The Balaban J connectivity index is 2.03. The molecule has 0 spiro atoms. The first-order valence-electron chi connectivity index (χ1n) is 7.39. The van der Waals surface area contributed by atoms with Crippen molar-refractivity contribution in [3.8, 4) is 6.07 Å². The maximum Gasteiger partial charge on any atom is 0.179 e. The molecule has 0 saturated heterocycles. The highest BCUT2D eigenvalue weighted by atomic mass is 32.2. The van der Waals surface area contributed by atoms with Crippen LogP contribution in [0.5, 0.6) is 0 Å². The van der Waals surface area contributed by atoms with Gasteiger partial charge in [-0.05, 0) is 50.8 Å². The number of nitriles is 1. The van der Waals surface area contributed by atoms with E-state index < -0.39 is 9.84 Å². The number of nitrogens with zero attached hydrogens (tertiary/aromatic N) is 2. The minimum absolute atomic E-state index is 0.104. The van der Waals surface area contributed by atoms with Gasteiger partial charge in [-0.1, -0.05) is 6.07 Å². The third kappa shape index (κ3) is 4.55. The largest absolute Gasteiger partial charge is 0.300 e. The predicted octanol–water partition coefficient (Wildman–Crippen LogP) is 2.45. The average Bonchev–Trinajstić information content (AvgIpc) is 3.27. The van der Waals surface area contributed by atoms with E-state index in [1.54, 1.807) is 18.2 Å². The van der Waals surface area contributed by atoms with Gasteiger partial charge < -0.3 is 0 Å². The molecule has 0 aromatic heterocycles. The maximum absolute atomic E-state index is 12.4. The van der Waals surface area contributed by atoms with Crippen LogP contribution >= 0.6 is 0 Å². The second-order valence-electron chi connectivity index (χ2n) is 5.99. The van der Waals surface area contributed by atoms with Crippen LogP contribution in [0.1, 0.15) is 32.3 Å². The van der Waals surface area contributed by atoms with Crippen molar-refractivity contribution in [1.82, 2.24) is 4.90 Å². The zero-order chi connectivity index (χ0) is 15.5. The van der Waals surface area contributed by atoms with Crippen LogP contribution in [-0.4, -0.2) is 38.2 Å². The first-order valence-corrected chi connectivity index (χ1v) is 9.04. The van der Waals surface area contributed by atoms with Crippen LogP contribution in [0.2, 0.25) is 0 Å². The molecule has 2 rings (SSSR count). The van der Waals surface area contributed by atoms with E-state index in [-0.39, 0.29) is 10.6 Å². The van der Waals surface area contributed by atoms with Crippen LogP contribution in [-0.2, 0) is 9.84 Å². The maximum atomic E-state index is 12.4. The van der Waals surface area contributed by atoms with Crippen molar-refractivity contribution in [2.45, 2.75) is 37.6 Å². The Hall–Kier alpha value is -1.38. The van der Waals surface area contributed by atoms with E-state index in [1.165, 1.54) is 18.9 Å². The van der Waals surface area contributed by atoms with Crippen LogP contribution in [0.3, 0.4) is 0 Å². The predicted molar refractivity (Wildman–Crippen MR) is 82.6 cm³/mol. The second-order valence-corrected chi connectivity index (χ2v) is 8.10. The Labute approximate surface area is 127 Å². The normalized spacial score (nSPS) is 15.4. The van der Waals surface area contributed by atoms with Crippen LogP contribution in [0.25, 0.3) is 0 Å². The summed E-state index contributed by atoms with van der Waals surface area (Å²) in [6.45, 7) is 5.75. The molecule has 114 valence electrons. The Morgan fingerprint density at radius 2 is 2.10 bits per heavy atom. The lowest BCUT2D eigenvalue weighted by molar-refractivity contribution is 0.225. The van der Waals surface area contributed by atoms with Crippen molar-refractivity contribution in [1.29, 1.82) is 5.26 Å². The quantitative estimate of drug-likeness (QED) is 0.776. The molecule has 21 heavy (non-hydrogen) atoms. The number of sulfone groups is 1. The highest BCUT2D eigenvalue weighted by Crippen LogP contribution is 2.30. The summed E-state index contributed by atoms with van der Waals surface area (Å²) in [6, 6.07) is 8.59. The SMILES string of the molecule is CC(C)N(CCS(=O)(=O)c1cccc(C#N)c1)CC1CC1. The van der Waals surface area contributed by atoms with E-state index in [1.807, 2.05) is 6.07 Å². The fourth-order valence-corrected chi connectivity index (χ4v) is 3.61. The fraction of sp³-hybridized carbons (Fsp3) is 0.562. The van der Waals surface area contributed by atoms with Gasteiger partial charge in [-0.3, -0.25) is 4.90 Å². The van der Waals surface area contributed by atoms with Crippen molar-refractivity contribution in [2.75, 3.05) is 18.8 Å². The topological polar surface area (TPSA) is 61.2 Å². The molecule has 0 radical (unpaired) electrons. The summed E-state index contributed by atoms with van der Waals surface area (Å²) in [5.41, 5.74) is 0.384. The van der Waals surface area contributed by atoms with Crippen molar-refractivity contribution in [3.63, 3.8) is 0 Å². The molecule has 0 amide bonds. The molecular weight excluding hydrogens is 284 g/mol. The van der Waals surface area contributed by atoms with Gasteiger partial charge in [-0.2, -0.15) is 5.26 Å². The van der Waals surface area contributed by atoms with Crippen LogP contribution < -0.4 is 0 Å². The van der Waals surface area contributed by atoms with Gasteiger partial charge in [0.25, 0.3) is 0 Å². The molecule has 5 heteroatoms. The van der Waals surface area contributed by atoms with Gasteiger partial charge in [0, 0.05) is 19.1 Å². The summed E-state index contributed by atoms with van der Waals surface area (Å²) in [5, 5.41) is 8.87. The summed E-state index contributed by atoms with van der Waals surface area (Å²) >= 11 is 0. The monoisotopic (exact) mass is 306 g/mol. The highest BCUT2D eigenvalue weighted by Gasteiger charge is 2.26. The fourth-order valence-electron chi connectivity index (χ4n) is 2.31. The lowest BCUT2D eigenvalue weighted by Crippen LogP contribution is -2.36. The molecule has 4 nitrogen and oxygen atoms in total. The van der Waals surface area contributed by atoms with E-state index in [0.29, 0.717) is 18.2 Å². The van der Waals surface area contributed by atoms with Crippen molar-refractivity contribution < 1.29 is 8.42 Å². The number of benzene rings is 1. The molecule has 1 aromatic rings. The summed E-state index contributed by atoms with van der Waals surface area (Å²) in [5.74, 6) is 0.851. The van der Waals surface area contributed by atoms with Gasteiger partial charge in [0.05, 0.1) is 22.3 Å². The van der Waals surface area contributed by atoms with Gasteiger partial charge in [-0.15, -0.1) is 0 Å². The van der Waals surface area contributed by atoms with Gasteiger partial charge in [0.2, 0.25) is 0 Å². The molecule has 0 unspecified atom stereocenters. The lowest BCUT2D eigenvalue weighted by Gasteiger charge is -2.26.